The highest BCUT2D eigenvalue weighted by molar-refractivity contribution is 6.08. The molecule has 0 saturated carbocycles. The zero-order chi connectivity index (χ0) is 37.9. The SMILES string of the molecule is CC1=C(c2ccccc2)N=C(c2ccc(-c3cccc4c3-c3ccccc3C43c4ccccc4-c4ccccc43)cc2)CC=C1c1cccc(-c2ccccc2)c1. The highest BCUT2D eigenvalue weighted by atomic mass is 14.8. The van der Waals surface area contributed by atoms with Crippen LogP contribution in [0.4, 0.5) is 0 Å². The minimum atomic E-state index is -0.354. The van der Waals surface area contributed by atoms with Crippen LogP contribution in [0.2, 0.25) is 0 Å². The van der Waals surface area contributed by atoms with Crippen LogP contribution in [0.25, 0.3) is 55.8 Å². The molecule has 8 aromatic carbocycles. The molecule has 0 N–H and O–H groups in total. The predicted octanol–water partition coefficient (Wildman–Crippen LogP) is 14.1. The zero-order valence-electron chi connectivity index (χ0n) is 31.8. The molecule has 3 aliphatic rings. The van der Waals surface area contributed by atoms with Crippen molar-refractivity contribution >= 4 is 17.0 Å². The molecule has 0 unspecified atom stereocenters. The van der Waals surface area contributed by atoms with Crippen LogP contribution in [-0.2, 0) is 5.41 Å². The van der Waals surface area contributed by atoms with Crippen LogP contribution in [0.3, 0.4) is 0 Å². The third kappa shape index (κ3) is 5.13. The summed E-state index contributed by atoms with van der Waals surface area (Å²) in [5.41, 5.74) is 23.3. The summed E-state index contributed by atoms with van der Waals surface area (Å²) in [5.74, 6) is 0. The highest BCUT2D eigenvalue weighted by Crippen LogP contribution is 2.63. The van der Waals surface area contributed by atoms with Crippen molar-refractivity contribution in [3.63, 3.8) is 0 Å². The number of benzene rings is 8. The first kappa shape index (κ1) is 33.3. The third-order valence-corrected chi connectivity index (χ3v) is 12.4. The molecule has 0 fully saturated rings. The zero-order valence-corrected chi connectivity index (χ0v) is 31.8. The number of allylic oxidation sites excluding steroid dienone is 3. The molecule has 57 heavy (non-hydrogen) atoms. The fourth-order valence-corrected chi connectivity index (χ4v) is 9.86. The van der Waals surface area contributed by atoms with Gasteiger partial charge in [-0.2, -0.15) is 0 Å². The summed E-state index contributed by atoms with van der Waals surface area (Å²) in [5, 5.41) is 0. The summed E-state index contributed by atoms with van der Waals surface area (Å²) < 4.78 is 0. The Bertz CT molecular complexity index is 2920. The standard InChI is InChI=1S/C56H39N/c1-37-44(43-21-14-20-42(36-43)38-16-4-2-5-17-38)34-35-53(57-55(37)41-18-6-3-7-19-41)40-32-30-39(31-33-40)45-25-15-29-52-54(45)48-24-10-13-28-51(48)56(52)49-26-11-8-22-46(49)47-23-9-12-27-50(47)56/h2-34,36H,35H2,1H3. The molecule has 1 nitrogen and oxygen atoms in total. The van der Waals surface area contributed by atoms with Gasteiger partial charge in [0.1, 0.15) is 0 Å². The number of hydrogen-bond donors (Lipinski definition) is 0. The molecular formula is C56H39N. The molecule has 8 aromatic rings. The second-order valence-electron chi connectivity index (χ2n) is 15.4. The van der Waals surface area contributed by atoms with Gasteiger partial charge in [-0.3, -0.25) is 4.99 Å². The first-order chi connectivity index (χ1) is 28.2. The summed E-state index contributed by atoms with van der Waals surface area (Å²) in [4.78, 5) is 5.48. The molecule has 268 valence electrons. The van der Waals surface area contributed by atoms with Crippen molar-refractivity contribution in [1.29, 1.82) is 0 Å². The Morgan fingerprint density at radius 2 is 0.877 bits per heavy atom. The number of rotatable bonds is 5. The maximum atomic E-state index is 5.48. The maximum Gasteiger partial charge on any atom is 0.0740 e. The van der Waals surface area contributed by atoms with E-state index in [2.05, 4.69) is 213 Å². The largest absolute Gasteiger partial charge is 0.252 e. The lowest BCUT2D eigenvalue weighted by atomic mass is 9.70. The minimum absolute atomic E-state index is 0.354. The molecule has 2 aliphatic carbocycles. The van der Waals surface area contributed by atoms with E-state index in [1.807, 2.05) is 0 Å². The Balaban J connectivity index is 1.02. The Morgan fingerprint density at radius 1 is 0.386 bits per heavy atom. The van der Waals surface area contributed by atoms with Gasteiger partial charge in [-0.25, -0.2) is 0 Å². The molecule has 1 heterocycles. The molecule has 11 rings (SSSR count). The second-order valence-corrected chi connectivity index (χ2v) is 15.4. The molecule has 0 radical (unpaired) electrons. The van der Waals surface area contributed by atoms with Gasteiger partial charge in [0.2, 0.25) is 0 Å². The molecule has 1 heteroatoms. The van der Waals surface area contributed by atoms with E-state index in [1.54, 1.807) is 0 Å². The molecule has 1 spiro atoms. The number of aliphatic imine (C=N–C) groups is 1. The average Bonchev–Trinajstić information content (AvgIpc) is 3.68. The van der Waals surface area contributed by atoms with Gasteiger partial charge in [-0.1, -0.05) is 200 Å². The van der Waals surface area contributed by atoms with Crippen LogP contribution < -0.4 is 0 Å². The van der Waals surface area contributed by atoms with E-state index >= 15 is 0 Å². The van der Waals surface area contributed by atoms with Crippen LogP contribution >= 0.6 is 0 Å². The quantitative estimate of drug-likeness (QED) is 0.168. The minimum Gasteiger partial charge on any atom is -0.252 e. The van der Waals surface area contributed by atoms with Gasteiger partial charge >= 0.3 is 0 Å². The molecule has 0 bridgehead atoms. The third-order valence-electron chi connectivity index (χ3n) is 12.4. The van der Waals surface area contributed by atoms with E-state index in [4.69, 9.17) is 4.99 Å². The predicted molar refractivity (Wildman–Crippen MR) is 238 cm³/mol. The number of fused-ring (bicyclic) bond motifs is 10. The van der Waals surface area contributed by atoms with Crippen molar-refractivity contribution in [3.05, 3.63) is 251 Å². The van der Waals surface area contributed by atoms with Gasteiger partial charge < -0.3 is 0 Å². The van der Waals surface area contributed by atoms with Gasteiger partial charge in [-0.15, -0.1) is 0 Å². The van der Waals surface area contributed by atoms with E-state index in [0.717, 1.165) is 29.0 Å². The van der Waals surface area contributed by atoms with Crippen molar-refractivity contribution in [2.45, 2.75) is 18.8 Å². The van der Waals surface area contributed by atoms with Crippen molar-refractivity contribution < 1.29 is 0 Å². The Hall–Kier alpha value is -7.09. The van der Waals surface area contributed by atoms with Crippen LogP contribution in [0, 0.1) is 0 Å². The van der Waals surface area contributed by atoms with E-state index in [1.165, 1.54) is 83.5 Å². The average molecular weight is 726 g/mol. The van der Waals surface area contributed by atoms with Crippen LogP contribution in [-0.4, -0.2) is 5.71 Å². The number of nitrogens with zero attached hydrogens (tertiary/aromatic N) is 1. The first-order valence-corrected chi connectivity index (χ1v) is 19.9. The lowest BCUT2D eigenvalue weighted by Gasteiger charge is -2.30. The van der Waals surface area contributed by atoms with Crippen molar-refractivity contribution in [3.8, 4) is 44.5 Å². The van der Waals surface area contributed by atoms with Gasteiger partial charge in [0.25, 0.3) is 0 Å². The highest BCUT2D eigenvalue weighted by Gasteiger charge is 2.51. The number of hydrogen-bond acceptors (Lipinski definition) is 1. The van der Waals surface area contributed by atoms with Crippen LogP contribution in [0.5, 0.6) is 0 Å². The Labute approximate surface area is 334 Å². The maximum absolute atomic E-state index is 5.48. The molecule has 0 atom stereocenters. The van der Waals surface area contributed by atoms with Gasteiger partial charge in [-0.05, 0) is 102 Å². The summed E-state index contributed by atoms with van der Waals surface area (Å²) in [6.07, 6.45) is 3.10. The summed E-state index contributed by atoms with van der Waals surface area (Å²) in [6, 6.07) is 73.3. The Morgan fingerprint density at radius 3 is 1.56 bits per heavy atom. The fourth-order valence-electron chi connectivity index (χ4n) is 9.86. The van der Waals surface area contributed by atoms with E-state index in [-0.39, 0.29) is 5.41 Å². The van der Waals surface area contributed by atoms with Crippen molar-refractivity contribution in [2.75, 3.05) is 0 Å². The molecule has 1 aliphatic heterocycles. The van der Waals surface area contributed by atoms with E-state index in [0.29, 0.717) is 0 Å². The molecule has 0 saturated heterocycles. The smallest absolute Gasteiger partial charge is 0.0740 e. The molecular weight excluding hydrogens is 687 g/mol. The monoisotopic (exact) mass is 725 g/mol. The summed E-state index contributed by atoms with van der Waals surface area (Å²) in [6.45, 7) is 2.22. The summed E-state index contributed by atoms with van der Waals surface area (Å²) in [7, 11) is 0. The van der Waals surface area contributed by atoms with Crippen molar-refractivity contribution in [1.82, 2.24) is 0 Å². The first-order valence-electron chi connectivity index (χ1n) is 19.9. The normalized spacial score (nSPS) is 14.6. The lowest BCUT2D eigenvalue weighted by Crippen LogP contribution is -2.25. The van der Waals surface area contributed by atoms with Crippen LogP contribution in [0.1, 0.15) is 52.3 Å². The summed E-state index contributed by atoms with van der Waals surface area (Å²) >= 11 is 0. The van der Waals surface area contributed by atoms with Gasteiger partial charge in [0.05, 0.1) is 16.8 Å². The molecule has 0 aromatic heterocycles. The Kier molecular flexibility index (Phi) is 7.76. The van der Waals surface area contributed by atoms with Crippen molar-refractivity contribution in [2.24, 2.45) is 4.99 Å². The fraction of sp³-hybridized carbons (Fsp3) is 0.0536. The van der Waals surface area contributed by atoms with Gasteiger partial charge in [0.15, 0.2) is 0 Å². The molecule has 0 amide bonds. The van der Waals surface area contributed by atoms with E-state index in [9.17, 15) is 0 Å². The second kappa shape index (κ2) is 13.3. The van der Waals surface area contributed by atoms with Gasteiger partial charge in [0, 0.05) is 12.0 Å². The van der Waals surface area contributed by atoms with Crippen LogP contribution in [0.15, 0.2) is 217 Å². The topological polar surface area (TPSA) is 12.4 Å². The lowest BCUT2D eigenvalue weighted by molar-refractivity contribution is 0.794. The van der Waals surface area contributed by atoms with E-state index < -0.39 is 0 Å².